The van der Waals surface area contributed by atoms with Gasteiger partial charge in [-0.2, -0.15) is 20.5 Å². The van der Waals surface area contributed by atoms with Crippen LogP contribution in [0.5, 0.6) is 5.75 Å². The number of halogens is 4. The number of hydrogen-bond acceptors (Lipinski definition) is 4. The van der Waals surface area contributed by atoms with Crippen LogP contribution in [0.25, 0.3) is 0 Å². The van der Waals surface area contributed by atoms with Gasteiger partial charge in [-0.05, 0) is 44.2 Å². The summed E-state index contributed by atoms with van der Waals surface area (Å²) in [5.41, 5.74) is 0.505. The lowest BCUT2D eigenvalue weighted by Gasteiger charge is -2.36. The van der Waals surface area contributed by atoms with Crippen molar-refractivity contribution in [2.24, 2.45) is 4.99 Å². The second-order valence-electron chi connectivity index (χ2n) is 6.18. The Bertz CT molecular complexity index is 635. The van der Waals surface area contributed by atoms with Crippen LogP contribution in [0.1, 0.15) is 25.3 Å². The molecule has 1 aromatic rings. The highest BCUT2D eigenvalue weighted by Crippen LogP contribution is 2.33. The molecule has 0 radical (unpaired) electrons. The Morgan fingerprint density at radius 3 is 2.68 bits per heavy atom. The first-order valence-electron chi connectivity index (χ1n) is 8.86. The van der Waals surface area contributed by atoms with Crippen molar-refractivity contribution in [2.45, 2.75) is 37.7 Å². The van der Waals surface area contributed by atoms with Crippen molar-refractivity contribution in [1.82, 2.24) is 10.6 Å². The van der Waals surface area contributed by atoms with Crippen LogP contribution in [0.3, 0.4) is 0 Å². The average molecular weight is 550 g/mol. The van der Waals surface area contributed by atoms with Crippen molar-refractivity contribution < 1.29 is 18.3 Å². The van der Waals surface area contributed by atoms with Crippen LogP contribution >= 0.6 is 47.3 Å². The fraction of sp³-hybridized carbons (Fsp3) is 0.611. The Morgan fingerprint density at radius 1 is 1.36 bits per heavy atom. The lowest BCUT2D eigenvalue weighted by atomic mass is 9.99. The number of benzene rings is 1. The van der Waals surface area contributed by atoms with Crippen LogP contribution < -0.4 is 15.4 Å². The molecule has 1 fully saturated rings. The van der Waals surface area contributed by atoms with E-state index in [9.17, 15) is 8.78 Å². The summed E-state index contributed by atoms with van der Waals surface area (Å²) in [6.45, 7) is 2.21. The third kappa shape index (κ3) is 8.08. The van der Waals surface area contributed by atoms with Crippen molar-refractivity contribution >= 4 is 53.3 Å². The fourth-order valence-corrected chi connectivity index (χ4v) is 3.82. The van der Waals surface area contributed by atoms with E-state index in [4.69, 9.17) is 16.3 Å². The minimum absolute atomic E-state index is 0. The minimum Gasteiger partial charge on any atom is -0.434 e. The number of thioether (sulfide) groups is 1. The number of guanidine groups is 1. The third-order valence-corrected chi connectivity index (χ3v) is 6.06. The molecule has 2 rings (SSSR count). The molecule has 0 bridgehead atoms. The monoisotopic (exact) mass is 549 g/mol. The van der Waals surface area contributed by atoms with Crippen molar-refractivity contribution in [1.29, 1.82) is 0 Å². The minimum atomic E-state index is -2.89. The molecule has 0 aromatic heterocycles. The van der Waals surface area contributed by atoms with Gasteiger partial charge in [-0.3, -0.25) is 0 Å². The maximum Gasteiger partial charge on any atom is 0.387 e. The molecule has 1 aliphatic rings. The molecule has 0 amide bonds. The van der Waals surface area contributed by atoms with E-state index in [1.165, 1.54) is 12.1 Å². The highest BCUT2D eigenvalue weighted by molar-refractivity contribution is 14.0. The first-order valence-corrected chi connectivity index (χ1v) is 10.5. The number of alkyl halides is 2. The SMILES string of the molecule is CCNC(=NCc1cc(Cl)ccc1OC(F)F)NCC1(SC)CCOCC1.I. The Balaban J connectivity index is 0.00000392. The lowest BCUT2D eigenvalue weighted by molar-refractivity contribution is -0.0504. The number of nitrogens with zero attached hydrogens (tertiary/aromatic N) is 1. The van der Waals surface area contributed by atoms with Gasteiger partial charge in [0.05, 0.1) is 6.54 Å². The first kappa shape index (κ1) is 25.5. The predicted molar refractivity (Wildman–Crippen MR) is 123 cm³/mol. The van der Waals surface area contributed by atoms with Crippen LogP contribution in [-0.4, -0.2) is 49.9 Å². The van der Waals surface area contributed by atoms with Gasteiger partial charge in [0, 0.05) is 41.6 Å². The lowest BCUT2D eigenvalue weighted by Crippen LogP contribution is -2.47. The van der Waals surface area contributed by atoms with Crippen molar-refractivity contribution in [2.75, 3.05) is 32.6 Å². The standard InChI is InChI=1S/C18H26ClF2N3O2S.HI/c1-3-22-17(24-12-18(27-2)6-8-25-9-7-18)23-11-13-10-14(19)4-5-15(13)26-16(20)21;/h4-5,10,16H,3,6-9,11-12H2,1-2H3,(H2,22,23,24);1H. The van der Waals surface area contributed by atoms with E-state index in [0.717, 1.165) is 32.6 Å². The molecule has 0 saturated carbocycles. The Hall–Kier alpha value is -0.520. The fourth-order valence-electron chi connectivity index (χ4n) is 2.83. The molecule has 160 valence electrons. The number of nitrogens with one attached hydrogen (secondary N) is 2. The highest BCUT2D eigenvalue weighted by Gasteiger charge is 2.31. The van der Waals surface area contributed by atoms with Crippen LogP contribution in [0.4, 0.5) is 8.78 Å². The van der Waals surface area contributed by atoms with E-state index in [1.807, 2.05) is 18.7 Å². The molecule has 0 aliphatic carbocycles. The van der Waals surface area contributed by atoms with Crippen molar-refractivity contribution in [3.05, 3.63) is 28.8 Å². The van der Waals surface area contributed by atoms with E-state index in [0.29, 0.717) is 23.1 Å². The van der Waals surface area contributed by atoms with Crippen LogP contribution in [-0.2, 0) is 11.3 Å². The molecule has 1 aliphatic heterocycles. The van der Waals surface area contributed by atoms with Crippen LogP contribution in [0.2, 0.25) is 5.02 Å². The third-order valence-electron chi connectivity index (χ3n) is 4.41. The van der Waals surface area contributed by atoms with E-state index in [2.05, 4.69) is 26.6 Å². The zero-order chi connectivity index (χ0) is 19.7. The summed E-state index contributed by atoms with van der Waals surface area (Å²) in [6.07, 6.45) is 4.06. The molecule has 28 heavy (non-hydrogen) atoms. The molecule has 2 N–H and O–H groups in total. The summed E-state index contributed by atoms with van der Waals surface area (Å²) < 4.78 is 35.3. The summed E-state index contributed by atoms with van der Waals surface area (Å²) in [5.74, 6) is 0.708. The smallest absolute Gasteiger partial charge is 0.387 e. The second kappa shape index (κ2) is 12.9. The van der Waals surface area contributed by atoms with E-state index in [-0.39, 0.29) is 41.0 Å². The van der Waals surface area contributed by atoms with Crippen molar-refractivity contribution in [3.63, 3.8) is 0 Å². The Kier molecular flexibility index (Phi) is 11.8. The summed E-state index contributed by atoms with van der Waals surface area (Å²) in [6, 6.07) is 4.54. The maximum absolute atomic E-state index is 12.6. The number of hydrogen-bond donors (Lipinski definition) is 2. The largest absolute Gasteiger partial charge is 0.434 e. The van der Waals surface area contributed by atoms with Crippen LogP contribution in [0.15, 0.2) is 23.2 Å². The molecule has 1 aromatic carbocycles. The van der Waals surface area contributed by atoms with Gasteiger partial charge in [0.25, 0.3) is 0 Å². The van der Waals surface area contributed by atoms with Gasteiger partial charge in [-0.15, -0.1) is 24.0 Å². The molecule has 0 spiro atoms. The van der Waals surface area contributed by atoms with E-state index < -0.39 is 6.61 Å². The zero-order valence-electron chi connectivity index (χ0n) is 16.0. The number of rotatable bonds is 8. The van der Waals surface area contributed by atoms with Gasteiger partial charge in [0.1, 0.15) is 5.75 Å². The molecule has 0 atom stereocenters. The van der Waals surface area contributed by atoms with Gasteiger partial charge >= 0.3 is 6.61 Å². The second-order valence-corrected chi connectivity index (χ2v) is 7.89. The predicted octanol–water partition coefficient (Wildman–Crippen LogP) is 4.53. The molecular formula is C18H27ClF2IN3O2S. The summed E-state index contributed by atoms with van der Waals surface area (Å²) in [5, 5.41) is 7.00. The topological polar surface area (TPSA) is 54.9 Å². The van der Waals surface area contributed by atoms with Crippen molar-refractivity contribution in [3.8, 4) is 5.75 Å². The zero-order valence-corrected chi connectivity index (χ0v) is 19.9. The maximum atomic E-state index is 12.6. The van der Waals surface area contributed by atoms with Gasteiger partial charge in [-0.25, -0.2) is 4.99 Å². The molecule has 1 heterocycles. The normalized spacial score (nSPS) is 16.4. The van der Waals surface area contributed by atoms with Gasteiger partial charge < -0.3 is 20.1 Å². The number of aliphatic imine (C=N–C) groups is 1. The Morgan fingerprint density at radius 2 is 2.07 bits per heavy atom. The molecular weight excluding hydrogens is 523 g/mol. The molecule has 1 saturated heterocycles. The highest BCUT2D eigenvalue weighted by atomic mass is 127. The van der Waals surface area contributed by atoms with Gasteiger partial charge in [-0.1, -0.05) is 11.6 Å². The summed E-state index contributed by atoms with van der Waals surface area (Å²) in [7, 11) is 0. The summed E-state index contributed by atoms with van der Waals surface area (Å²) >= 11 is 7.83. The number of ether oxygens (including phenoxy) is 2. The van der Waals surface area contributed by atoms with Gasteiger partial charge in [0.2, 0.25) is 0 Å². The molecule has 5 nitrogen and oxygen atoms in total. The first-order chi connectivity index (χ1) is 13.0. The molecule has 10 heteroatoms. The quantitative estimate of drug-likeness (QED) is 0.284. The Labute approximate surface area is 191 Å². The average Bonchev–Trinajstić information content (AvgIpc) is 2.66. The van der Waals surface area contributed by atoms with Gasteiger partial charge in [0.15, 0.2) is 5.96 Å². The summed E-state index contributed by atoms with van der Waals surface area (Å²) in [4.78, 5) is 4.51. The van der Waals surface area contributed by atoms with E-state index >= 15 is 0 Å². The van der Waals surface area contributed by atoms with E-state index in [1.54, 1.807) is 6.07 Å². The van der Waals surface area contributed by atoms with Crippen LogP contribution in [0, 0.1) is 0 Å². The molecule has 0 unspecified atom stereocenters.